The van der Waals surface area contributed by atoms with Crippen LogP contribution in [0.4, 0.5) is 0 Å². The average Bonchev–Trinajstić information content (AvgIpc) is 2.08. The molecular formula is C8H7ClNO3-. The summed E-state index contributed by atoms with van der Waals surface area (Å²) in [5, 5.41) is 10.8. The minimum atomic E-state index is -1.35. The van der Waals surface area contributed by atoms with Crippen LogP contribution in [0.25, 0.3) is 0 Å². The molecule has 0 unspecified atom stereocenters. The second-order valence-corrected chi connectivity index (χ2v) is 2.66. The van der Waals surface area contributed by atoms with E-state index in [1.807, 2.05) is 0 Å². The van der Waals surface area contributed by atoms with Gasteiger partial charge >= 0.3 is 0 Å². The number of carboxylic acids is 1. The van der Waals surface area contributed by atoms with Gasteiger partial charge < -0.3 is 14.6 Å². The summed E-state index contributed by atoms with van der Waals surface area (Å²) in [5.74, 6) is -1.31. The van der Waals surface area contributed by atoms with E-state index in [0.29, 0.717) is 6.61 Å². The lowest BCUT2D eigenvalue weighted by molar-refractivity contribution is -0.255. The first-order valence-corrected chi connectivity index (χ1v) is 4.02. The molecule has 0 atom stereocenters. The molecule has 0 amide bonds. The Hall–Kier alpha value is -1.29. The zero-order chi connectivity index (χ0) is 9.84. The lowest BCUT2D eigenvalue weighted by Crippen LogP contribution is -2.23. The van der Waals surface area contributed by atoms with E-state index in [9.17, 15) is 9.90 Å². The predicted molar refractivity (Wildman–Crippen MR) is 44.7 cm³/mol. The third kappa shape index (κ3) is 2.32. The van der Waals surface area contributed by atoms with E-state index in [0.717, 1.165) is 0 Å². The standard InChI is InChI=1S/C8H8ClNO3/c1-2-13-7-6(8(11)12)3-5(9)4-10-7/h3-4H,2H2,1H3,(H,11,12)/p-1. The van der Waals surface area contributed by atoms with E-state index in [-0.39, 0.29) is 16.5 Å². The minimum Gasteiger partial charge on any atom is -0.545 e. The molecule has 0 aliphatic heterocycles. The number of hydrogen-bond donors (Lipinski definition) is 0. The number of carbonyl (C=O) groups excluding carboxylic acids is 1. The smallest absolute Gasteiger partial charge is 0.222 e. The summed E-state index contributed by atoms with van der Waals surface area (Å²) in [4.78, 5) is 14.3. The van der Waals surface area contributed by atoms with Crippen molar-refractivity contribution in [3.63, 3.8) is 0 Å². The highest BCUT2D eigenvalue weighted by molar-refractivity contribution is 6.30. The number of aromatic nitrogens is 1. The Labute approximate surface area is 80.1 Å². The van der Waals surface area contributed by atoms with Gasteiger partial charge in [-0.1, -0.05) is 11.6 Å². The van der Waals surface area contributed by atoms with Crippen LogP contribution in [0.1, 0.15) is 17.3 Å². The van der Waals surface area contributed by atoms with Crippen molar-refractivity contribution in [3.05, 3.63) is 22.8 Å². The number of nitrogens with zero attached hydrogens (tertiary/aromatic N) is 1. The molecule has 0 saturated carbocycles. The van der Waals surface area contributed by atoms with Crippen molar-refractivity contribution in [1.82, 2.24) is 4.98 Å². The molecule has 0 spiro atoms. The molecule has 0 saturated heterocycles. The maximum Gasteiger partial charge on any atom is 0.222 e. The van der Waals surface area contributed by atoms with Gasteiger partial charge in [-0.15, -0.1) is 0 Å². The van der Waals surface area contributed by atoms with Gasteiger partial charge in [-0.25, -0.2) is 4.98 Å². The normalized spacial score (nSPS) is 9.69. The van der Waals surface area contributed by atoms with Crippen LogP contribution in [-0.2, 0) is 0 Å². The van der Waals surface area contributed by atoms with Crippen LogP contribution in [0.5, 0.6) is 5.88 Å². The molecule has 0 bridgehead atoms. The lowest BCUT2D eigenvalue weighted by Gasteiger charge is -2.09. The van der Waals surface area contributed by atoms with Gasteiger partial charge in [0.2, 0.25) is 5.88 Å². The SMILES string of the molecule is CCOc1ncc(Cl)cc1C(=O)[O-]. The van der Waals surface area contributed by atoms with E-state index in [1.54, 1.807) is 6.92 Å². The number of aromatic carboxylic acids is 1. The van der Waals surface area contributed by atoms with Crippen molar-refractivity contribution >= 4 is 17.6 Å². The Bertz CT molecular complexity index is 327. The van der Waals surface area contributed by atoms with Gasteiger partial charge in [0.05, 0.1) is 23.2 Å². The number of ether oxygens (including phenoxy) is 1. The van der Waals surface area contributed by atoms with Crippen LogP contribution >= 0.6 is 11.6 Å². The van der Waals surface area contributed by atoms with Gasteiger partial charge in [-0.05, 0) is 13.0 Å². The first-order valence-electron chi connectivity index (χ1n) is 3.64. The Morgan fingerprint density at radius 3 is 3.00 bits per heavy atom. The van der Waals surface area contributed by atoms with Crippen molar-refractivity contribution in [2.75, 3.05) is 6.61 Å². The first-order chi connectivity index (χ1) is 6.15. The predicted octanol–water partition coefficient (Wildman–Crippen LogP) is 0.497. The quantitative estimate of drug-likeness (QED) is 0.713. The molecule has 1 rings (SSSR count). The second-order valence-electron chi connectivity index (χ2n) is 2.23. The summed E-state index contributed by atoms with van der Waals surface area (Å²) in [6, 6.07) is 1.24. The van der Waals surface area contributed by atoms with Crippen molar-refractivity contribution in [3.8, 4) is 5.88 Å². The Kier molecular flexibility index (Phi) is 3.08. The number of rotatable bonds is 3. The van der Waals surface area contributed by atoms with Crippen LogP contribution in [-0.4, -0.2) is 17.6 Å². The number of halogens is 1. The molecule has 0 radical (unpaired) electrons. The molecule has 1 heterocycles. The average molecular weight is 201 g/mol. The molecule has 0 aliphatic rings. The number of carbonyl (C=O) groups is 1. The molecule has 1 aromatic rings. The molecule has 0 aromatic carbocycles. The summed E-state index contributed by atoms with van der Waals surface area (Å²) < 4.78 is 4.96. The van der Waals surface area contributed by atoms with Crippen LogP contribution in [0, 0.1) is 0 Å². The highest BCUT2D eigenvalue weighted by Crippen LogP contribution is 2.18. The number of pyridine rings is 1. The number of carboxylic acid groups (broad SMARTS) is 1. The zero-order valence-electron chi connectivity index (χ0n) is 6.91. The molecule has 13 heavy (non-hydrogen) atoms. The van der Waals surface area contributed by atoms with Crippen molar-refractivity contribution in [2.45, 2.75) is 6.92 Å². The lowest BCUT2D eigenvalue weighted by atomic mass is 10.3. The fourth-order valence-electron chi connectivity index (χ4n) is 0.825. The highest BCUT2D eigenvalue weighted by atomic mass is 35.5. The van der Waals surface area contributed by atoms with Crippen molar-refractivity contribution < 1.29 is 14.6 Å². The molecule has 0 fully saturated rings. The van der Waals surface area contributed by atoms with Gasteiger partial charge in [0.25, 0.3) is 0 Å². The largest absolute Gasteiger partial charge is 0.545 e. The summed E-state index contributed by atoms with van der Waals surface area (Å²) in [5.41, 5.74) is -0.130. The first kappa shape index (κ1) is 9.80. The zero-order valence-corrected chi connectivity index (χ0v) is 7.67. The topological polar surface area (TPSA) is 62.2 Å². The Balaban J connectivity index is 3.10. The third-order valence-corrected chi connectivity index (χ3v) is 1.53. The van der Waals surface area contributed by atoms with Crippen LogP contribution in [0.15, 0.2) is 12.3 Å². The fraction of sp³-hybridized carbons (Fsp3) is 0.250. The van der Waals surface area contributed by atoms with Crippen LogP contribution < -0.4 is 9.84 Å². The van der Waals surface area contributed by atoms with Crippen LogP contribution in [0.2, 0.25) is 5.02 Å². The van der Waals surface area contributed by atoms with E-state index < -0.39 is 5.97 Å². The maximum atomic E-state index is 10.6. The molecule has 4 nitrogen and oxygen atoms in total. The number of hydrogen-bond acceptors (Lipinski definition) is 4. The Morgan fingerprint density at radius 2 is 2.46 bits per heavy atom. The summed E-state index contributed by atoms with van der Waals surface area (Å²) in [6.45, 7) is 2.07. The molecule has 5 heteroatoms. The van der Waals surface area contributed by atoms with Crippen molar-refractivity contribution in [2.24, 2.45) is 0 Å². The van der Waals surface area contributed by atoms with E-state index in [2.05, 4.69) is 4.98 Å². The van der Waals surface area contributed by atoms with Crippen LogP contribution in [0.3, 0.4) is 0 Å². The van der Waals surface area contributed by atoms with E-state index in [4.69, 9.17) is 16.3 Å². The Morgan fingerprint density at radius 1 is 1.77 bits per heavy atom. The van der Waals surface area contributed by atoms with Gasteiger partial charge in [0.15, 0.2) is 0 Å². The van der Waals surface area contributed by atoms with Gasteiger partial charge in [-0.3, -0.25) is 0 Å². The third-order valence-electron chi connectivity index (χ3n) is 1.32. The highest BCUT2D eigenvalue weighted by Gasteiger charge is 2.06. The molecular weight excluding hydrogens is 194 g/mol. The molecule has 70 valence electrons. The molecule has 1 aromatic heterocycles. The van der Waals surface area contributed by atoms with Gasteiger partial charge in [0, 0.05) is 6.20 Å². The monoisotopic (exact) mass is 200 g/mol. The summed E-state index contributed by atoms with van der Waals surface area (Å²) in [6.07, 6.45) is 1.32. The summed E-state index contributed by atoms with van der Waals surface area (Å²) in [7, 11) is 0. The molecule has 0 N–H and O–H groups in total. The fourth-order valence-corrected chi connectivity index (χ4v) is 0.983. The van der Waals surface area contributed by atoms with E-state index in [1.165, 1.54) is 12.3 Å². The van der Waals surface area contributed by atoms with Crippen molar-refractivity contribution in [1.29, 1.82) is 0 Å². The minimum absolute atomic E-state index is 0.0342. The maximum absolute atomic E-state index is 10.6. The molecule has 0 aliphatic carbocycles. The van der Waals surface area contributed by atoms with Gasteiger partial charge in [0.1, 0.15) is 0 Å². The summed E-state index contributed by atoms with van der Waals surface area (Å²) >= 11 is 5.55. The van der Waals surface area contributed by atoms with Gasteiger partial charge in [-0.2, -0.15) is 0 Å². The van der Waals surface area contributed by atoms with E-state index >= 15 is 0 Å². The second kappa shape index (κ2) is 4.09.